The maximum Gasteiger partial charge on any atom is 0.435 e. The predicted octanol–water partition coefficient (Wildman–Crippen LogP) is 2.91. The first-order valence-corrected chi connectivity index (χ1v) is 10.7. The van der Waals surface area contributed by atoms with Crippen molar-refractivity contribution in [3.05, 3.63) is 47.6 Å². The van der Waals surface area contributed by atoms with Crippen molar-refractivity contribution in [1.29, 1.82) is 0 Å². The minimum atomic E-state index is -4.58. The lowest BCUT2D eigenvalue weighted by molar-refractivity contribution is -0.141. The number of sulfonamides is 1. The lowest BCUT2D eigenvalue weighted by Gasteiger charge is -2.11. The van der Waals surface area contributed by atoms with Gasteiger partial charge in [-0.1, -0.05) is 12.1 Å². The van der Waals surface area contributed by atoms with Crippen molar-refractivity contribution in [2.24, 2.45) is 0 Å². The van der Waals surface area contributed by atoms with Crippen LogP contribution < -0.4 is 5.32 Å². The van der Waals surface area contributed by atoms with Crippen LogP contribution in [0.3, 0.4) is 0 Å². The van der Waals surface area contributed by atoms with Crippen molar-refractivity contribution in [3.8, 4) is 11.3 Å². The average molecular weight is 459 g/mol. The van der Waals surface area contributed by atoms with Gasteiger partial charge in [-0.3, -0.25) is 9.48 Å². The molecule has 0 aliphatic carbocycles. The van der Waals surface area contributed by atoms with Gasteiger partial charge in [-0.15, -0.1) is 11.3 Å². The number of rotatable bonds is 6. The van der Waals surface area contributed by atoms with Gasteiger partial charge >= 0.3 is 6.18 Å². The van der Waals surface area contributed by atoms with Crippen LogP contribution in [0.1, 0.15) is 5.69 Å². The number of anilines is 1. The highest BCUT2D eigenvalue weighted by molar-refractivity contribution is 7.89. The number of nitrogens with zero attached hydrogens (tertiary/aromatic N) is 4. The van der Waals surface area contributed by atoms with E-state index in [4.69, 9.17) is 0 Å². The molecule has 1 aromatic carbocycles. The lowest BCUT2D eigenvalue weighted by atomic mass is 10.2. The maximum absolute atomic E-state index is 12.6. The number of nitrogens with one attached hydrogen (secondary N) is 1. The van der Waals surface area contributed by atoms with Crippen LogP contribution in [-0.2, 0) is 27.5 Å². The molecule has 2 aromatic heterocycles. The molecule has 8 nitrogen and oxygen atoms in total. The number of amides is 1. The van der Waals surface area contributed by atoms with Crippen molar-refractivity contribution in [2.45, 2.75) is 17.6 Å². The predicted molar refractivity (Wildman–Crippen MR) is 104 cm³/mol. The van der Waals surface area contributed by atoms with Gasteiger partial charge in [0.25, 0.3) is 0 Å². The zero-order valence-electron chi connectivity index (χ0n) is 15.7. The molecule has 0 bridgehead atoms. The zero-order chi connectivity index (χ0) is 22.1. The summed E-state index contributed by atoms with van der Waals surface area (Å²) >= 11 is 1.13. The van der Waals surface area contributed by atoms with E-state index in [1.807, 2.05) is 0 Å². The second-order valence-corrected chi connectivity index (χ2v) is 9.30. The van der Waals surface area contributed by atoms with E-state index in [1.165, 1.54) is 26.2 Å². The molecule has 0 unspecified atom stereocenters. The van der Waals surface area contributed by atoms with Crippen molar-refractivity contribution in [2.75, 3.05) is 19.4 Å². The number of thiazole rings is 1. The van der Waals surface area contributed by atoms with Crippen molar-refractivity contribution in [1.82, 2.24) is 19.1 Å². The van der Waals surface area contributed by atoms with Gasteiger partial charge in [0.05, 0.1) is 10.6 Å². The molecule has 2 heterocycles. The summed E-state index contributed by atoms with van der Waals surface area (Å²) in [5.41, 5.74) is 0.0838. The van der Waals surface area contributed by atoms with Crippen molar-refractivity contribution >= 4 is 32.4 Å². The molecule has 0 atom stereocenters. The summed E-state index contributed by atoms with van der Waals surface area (Å²) in [6.07, 6.45) is -3.51. The Balaban J connectivity index is 1.66. The molecule has 0 spiro atoms. The molecule has 0 aliphatic rings. The number of carbonyl (C=O) groups is 1. The Morgan fingerprint density at radius 1 is 1.20 bits per heavy atom. The molecule has 0 aliphatic heterocycles. The minimum Gasteiger partial charge on any atom is -0.300 e. The molecule has 160 valence electrons. The Bertz CT molecular complexity index is 1150. The highest BCUT2D eigenvalue weighted by atomic mass is 32.2. The Morgan fingerprint density at radius 2 is 1.87 bits per heavy atom. The van der Waals surface area contributed by atoms with E-state index < -0.39 is 34.3 Å². The number of hydrogen-bond acceptors (Lipinski definition) is 6. The summed E-state index contributed by atoms with van der Waals surface area (Å²) in [6.45, 7) is -0.401. The summed E-state index contributed by atoms with van der Waals surface area (Å²) in [5.74, 6) is -0.583. The summed E-state index contributed by atoms with van der Waals surface area (Å²) in [4.78, 5) is 16.4. The SMILES string of the molecule is CN(C)S(=O)(=O)c1ccc(-c2csc(NC(=O)Cn3ccc(C(F)(F)F)n3)n2)cc1. The molecular weight excluding hydrogens is 443 g/mol. The van der Waals surface area contributed by atoms with E-state index >= 15 is 0 Å². The van der Waals surface area contributed by atoms with Gasteiger partial charge < -0.3 is 5.32 Å². The molecule has 30 heavy (non-hydrogen) atoms. The molecular formula is C17H16F3N5O3S2. The Kier molecular flexibility index (Phi) is 5.97. The van der Waals surface area contributed by atoms with Crippen LogP contribution >= 0.6 is 11.3 Å². The van der Waals surface area contributed by atoms with Gasteiger partial charge in [-0.2, -0.15) is 18.3 Å². The minimum absolute atomic E-state index is 0.137. The van der Waals surface area contributed by atoms with Crippen molar-refractivity contribution < 1.29 is 26.4 Å². The first-order valence-electron chi connectivity index (χ1n) is 8.36. The summed E-state index contributed by atoms with van der Waals surface area (Å²) in [7, 11) is -0.671. The number of halogens is 3. The van der Waals surface area contributed by atoms with Crippen LogP contribution in [0.15, 0.2) is 46.8 Å². The van der Waals surface area contributed by atoms with Gasteiger partial charge in [0.2, 0.25) is 15.9 Å². The second kappa shape index (κ2) is 8.16. The number of benzene rings is 1. The molecule has 1 amide bonds. The van der Waals surface area contributed by atoms with Crippen molar-refractivity contribution in [3.63, 3.8) is 0 Å². The second-order valence-electron chi connectivity index (χ2n) is 6.29. The number of aromatic nitrogens is 3. The number of carbonyl (C=O) groups excluding carboxylic acids is 1. The van der Waals surface area contributed by atoms with E-state index in [-0.39, 0.29) is 10.0 Å². The van der Waals surface area contributed by atoms with E-state index in [0.717, 1.165) is 32.6 Å². The Labute approximate surface area is 174 Å². The van der Waals surface area contributed by atoms with Crippen LogP contribution in [0, 0.1) is 0 Å². The quantitative estimate of drug-likeness (QED) is 0.611. The monoisotopic (exact) mass is 459 g/mol. The summed E-state index contributed by atoms with van der Waals surface area (Å²) in [6, 6.07) is 6.89. The summed E-state index contributed by atoms with van der Waals surface area (Å²) < 4.78 is 63.9. The van der Waals surface area contributed by atoms with Crippen LogP contribution in [0.5, 0.6) is 0 Å². The molecule has 3 rings (SSSR count). The number of alkyl halides is 3. The zero-order valence-corrected chi connectivity index (χ0v) is 17.3. The van der Waals surface area contributed by atoms with E-state index in [9.17, 15) is 26.4 Å². The fourth-order valence-electron chi connectivity index (χ4n) is 2.38. The van der Waals surface area contributed by atoms with Gasteiger partial charge in [0.1, 0.15) is 6.54 Å². The molecule has 0 saturated heterocycles. The van der Waals surface area contributed by atoms with Gasteiger partial charge in [-0.05, 0) is 18.2 Å². The van der Waals surface area contributed by atoms with E-state index in [0.29, 0.717) is 11.3 Å². The molecule has 3 aromatic rings. The van der Waals surface area contributed by atoms with Gasteiger partial charge in [-0.25, -0.2) is 17.7 Å². The molecule has 1 N–H and O–H groups in total. The average Bonchev–Trinajstić information content (AvgIpc) is 3.31. The lowest BCUT2D eigenvalue weighted by Crippen LogP contribution is -2.22. The van der Waals surface area contributed by atoms with E-state index in [1.54, 1.807) is 17.5 Å². The van der Waals surface area contributed by atoms with Gasteiger partial charge in [0.15, 0.2) is 10.8 Å². The normalized spacial score (nSPS) is 12.3. The van der Waals surface area contributed by atoms with Crippen LogP contribution in [0.25, 0.3) is 11.3 Å². The van der Waals surface area contributed by atoms with Crippen LogP contribution in [0.4, 0.5) is 18.3 Å². The third-order valence-electron chi connectivity index (χ3n) is 3.92. The standard InChI is InChI=1S/C17H16F3N5O3S2/c1-24(2)30(27,28)12-5-3-11(4-6-12)13-10-29-16(21-13)22-15(26)9-25-8-7-14(23-25)17(18,19)20/h3-8,10H,9H2,1-2H3,(H,21,22,26). The van der Waals surface area contributed by atoms with Crippen LogP contribution in [-0.4, -0.2) is 47.5 Å². The molecule has 0 saturated carbocycles. The Morgan fingerprint density at radius 3 is 2.43 bits per heavy atom. The Hall–Kier alpha value is -2.77. The molecule has 13 heteroatoms. The fourth-order valence-corrected chi connectivity index (χ4v) is 4.02. The van der Waals surface area contributed by atoms with E-state index in [2.05, 4.69) is 15.4 Å². The topological polar surface area (TPSA) is 97.2 Å². The molecule has 0 radical (unpaired) electrons. The maximum atomic E-state index is 12.6. The number of hydrogen-bond donors (Lipinski definition) is 1. The molecule has 0 fully saturated rings. The summed E-state index contributed by atoms with van der Waals surface area (Å²) in [5, 5.41) is 7.74. The first-order chi connectivity index (χ1) is 14.0. The largest absolute Gasteiger partial charge is 0.435 e. The first kappa shape index (κ1) is 21.9. The third-order valence-corrected chi connectivity index (χ3v) is 6.50. The highest BCUT2D eigenvalue weighted by Crippen LogP contribution is 2.28. The fraction of sp³-hybridized carbons (Fsp3) is 0.235. The third kappa shape index (κ3) is 4.86. The smallest absolute Gasteiger partial charge is 0.300 e. The van der Waals surface area contributed by atoms with Gasteiger partial charge in [0, 0.05) is 31.2 Å². The van der Waals surface area contributed by atoms with Crippen LogP contribution in [0.2, 0.25) is 0 Å². The highest BCUT2D eigenvalue weighted by Gasteiger charge is 2.33.